The fraction of sp³-hybridized carbons (Fsp3) is 0.200. The van der Waals surface area contributed by atoms with Gasteiger partial charge in [0.1, 0.15) is 5.82 Å². The summed E-state index contributed by atoms with van der Waals surface area (Å²) in [6.45, 7) is 6.58. The summed E-state index contributed by atoms with van der Waals surface area (Å²) in [5.41, 5.74) is 1.07. The smallest absolute Gasteiger partial charge is 0.330 e. The van der Waals surface area contributed by atoms with Crippen molar-refractivity contribution in [3.63, 3.8) is 0 Å². The van der Waals surface area contributed by atoms with Gasteiger partial charge in [-0.25, -0.2) is 4.79 Å². The van der Waals surface area contributed by atoms with E-state index < -0.39 is 11.2 Å². The predicted molar refractivity (Wildman–Crippen MR) is 80.2 cm³/mol. The van der Waals surface area contributed by atoms with Gasteiger partial charge in [-0.05, 0) is 12.5 Å². The average molecular weight is 271 g/mol. The molecule has 0 saturated carbocycles. The summed E-state index contributed by atoms with van der Waals surface area (Å²) in [6, 6.07) is 11.0. The first kappa shape index (κ1) is 13.9. The van der Waals surface area contributed by atoms with Gasteiger partial charge in [-0.1, -0.05) is 42.5 Å². The molecule has 2 N–H and O–H groups in total. The minimum Gasteiger partial charge on any atom is -0.367 e. The Morgan fingerprint density at radius 3 is 2.65 bits per heavy atom. The van der Waals surface area contributed by atoms with Crippen molar-refractivity contribution >= 4 is 5.82 Å². The number of hydrogen-bond donors (Lipinski definition) is 2. The molecule has 0 bridgehead atoms. The average Bonchev–Trinajstić information content (AvgIpc) is 2.41. The van der Waals surface area contributed by atoms with Crippen LogP contribution in [-0.2, 0) is 6.54 Å². The number of H-pyrrole nitrogens is 1. The van der Waals surface area contributed by atoms with Gasteiger partial charge >= 0.3 is 5.69 Å². The summed E-state index contributed by atoms with van der Waals surface area (Å²) in [4.78, 5) is 25.7. The van der Waals surface area contributed by atoms with Crippen LogP contribution < -0.4 is 16.6 Å². The molecule has 0 saturated heterocycles. The van der Waals surface area contributed by atoms with Crippen molar-refractivity contribution in [3.8, 4) is 0 Å². The number of aromatic nitrogens is 2. The van der Waals surface area contributed by atoms with Crippen molar-refractivity contribution in [1.82, 2.24) is 9.55 Å². The van der Waals surface area contributed by atoms with Gasteiger partial charge < -0.3 is 5.32 Å². The summed E-state index contributed by atoms with van der Waals surface area (Å²) in [5.74, 6) is 0.491. The van der Waals surface area contributed by atoms with Crippen molar-refractivity contribution < 1.29 is 0 Å². The maximum Gasteiger partial charge on any atom is 0.330 e. The molecular formula is C15H17N3O2. The van der Waals surface area contributed by atoms with Gasteiger partial charge in [-0.2, -0.15) is 0 Å². The van der Waals surface area contributed by atoms with E-state index in [4.69, 9.17) is 0 Å². The molecule has 2 aromatic rings. The fourth-order valence-corrected chi connectivity index (χ4v) is 1.83. The Bertz CT molecular complexity index is 714. The highest BCUT2D eigenvalue weighted by Gasteiger charge is 2.06. The first-order chi connectivity index (χ1) is 9.56. The van der Waals surface area contributed by atoms with Crippen LogP contribution in [0.4, 0.5) is 5.82 Å². The van der Waals surface area contributed by atoms with Gasteiger partial charge in [0.2, 0.25) is 0 Å². The van der Waals surface area contributed by atoms with Gasteiger partial charge in [0.25, 0.3) is 5.56 Å². The standard InChI is InChI=1S/C15H17N3O2/c1-11(2)9-16-13-8-14(19)17-15(20)18(13)10-12-6-4-3-5-7-12/h3-8,16H,1,9-10H2,2H3,(H,17,19,20). The zero-order valence-corrected chi connectivity index (χ0v) is 11.3. The third-order valence-corrected chi connectivity index (χ3v) is 2.79. The Hall–Kier alpha value is -2.56. The van der Waals surface area contributed by atoms with E-state index in [1.807, 2.05) is 37.3 Å². The van der Waals surface area contributed by atoms with Crippen molar-refractivity contribution in [2.45, 2.75) is 13.5 Å². The van der Waals surface area contributed by atoms with E-state index in [-0.39, 0.29) is 0 Å². The molecular weight excluding hydrogens is 254 g/mol. The molecule has 0 amide bonds. The molecule has 0 radical (unpaired) electrons. The van der Waals surface area contributed by atoms with Crippen LogP contribution in [0.1, 0.15) is 12.5 Å². The van der Waals surface area contributed by atoms with E-state index >= 15 is 0 Å². The summed E-state index contributed by atoms with van der Waals surface area (Å²) in [7, 11) is 0. The number of nitrogens with zero attached hydrogens (tertiary/aromatic N) is 1. The van der Waals surface area contributed by atoms with Crippen molar-refractivity contribution in [2.24, 2.45) is 0 Å². The lowest BCUT2D eigenvalue weighted by Crippen LogP contribution is -2.32. The maximum atomic E-state index is 12.0. The van der Waals surface area contributed by atoms with Crippen LogP contribution in [-0.4, -0.2) is 16.1 Å². The predicted octanol–water partition coefficient (Wildman–Crippen LogP) is 1.57. The Morgan fingerprint density at radius 1 is 1.30 bits per heavy atom. The first-order valence-corrected chi connectivity index (χ1v) is 6.32. The quantitative estimate of drug-likeness (QED) is 0.811. The molecule has 0 spiro atoms. The second kappa shape index (κ2) is 6.06. The maximum absolute atomic E-state index is 12.0. The van der Waals surface area contributed by atoms with Crippen LogP contribution in [0.25, 0.3) is 0 Å². The van der Waals surface area contributed by atoms with Crippen LogP contribution in [0, 0.1) is 0 Å². The minimum atomic E-state index is -0.425. The molecule has 0 aliphatic heterocycles. The van der Waals surface area contributed by atoms with Crippen LogP contribution >= 0.6 is 0 Å². The number of anilines is 1. The zero-order valence-electron chi connectivity index (χ0n) is 11.3. The van der Waals surface area contributed by atoms with E-state index in [1.165, 1.54) is 10.6 Å². The van der Waals surface area contributed by atoms with E-state index in [0.29, 0.717) is 18.9 Å². The summed E-state index contributed by atoms with van der Waals surface area (Å²) in [6.07, 6.45) is 0. The number of hydrogen-bond acceptors (Lipinski definition) is 3. The second-order valence-corrected chi connectivity index (χ2v) is 4.71. The molecule has 5 heteroatoms. The number of aromatic amines is 1. The Labute approximate surface area is 116 Å². The minimum absolute atomic E-state index is 0.398. The lowest BCUT2D eigenvalue weighted by atomic mass is 10.2. The Morgan fingerprint density at radius 2 is 2.00 bits per heavy atom. The van der Waals surface area contributed by atoms with Crippen LogP contribution in [0.15, 0.2) is 58.1 Å². The highest BCUT2D eigenvalue weighted by molar-refractivity contribution is 5.36. The summed E-state index contributed by atoms with van der Waals surface area (Å²) >= 11 is 0. The molecule has 0 aliphatic rings. The van der Waals surface area contributed by atoms with E-state index in [9.17, 15) is 9.59 Å². The number of benzene rings is 1. The molecule has 0 aliphatic carbocycles. The fourth-order valence-electron chi connectivity index (χ4n) is 1.83. The Kier molecular flexibility index (Phi) is 4.20. The topological polar surface area (TPSA) is 66.9 Å². The molecule has 2 rings (SSSR count). The third-order valence-electron chi connectivity index (χ3n) is 2.79. The van der Waals surface area contributed by atoms with Gasteiger partial charge in [0.15, 0.2) is 0 Å². The van der Waals surface area contributed by atoms with E-state index in [1.54, 1.807) is 0 Å². The zero-order chi connectivity index (χ0) is 14.5. The summed E-state index contributed by atoms with van der Waals surface area (Å²) in [5, 5.41) is 3.06. The summed E-state index contributed by atoms with van der Waals surface area (Å²) < 4.78 is 1.50. The van der Waals surface area contributed by atoms with Gasteiger partial charge in [-0.15, -0.1) is 0 Å². The largest absolute Gasteiger partial charge is 0.367 e. The van der Waals surface area contributed by atoms with Crippen molar-refractivity contribution in [3.05, 3.63) is 75.0 Å². The van der Waals surface area contributed by atoms with Crippen LogP contribution in [0.5, 0.6) is 0 Å². The second-order valence-electron chi connectivity index (χ2n) is 4.71. The highest BCUT2D eigenvalue weighted by atomic mass is 16.2. The monoisotopic (exact) mass is 271 g/mol. The normalized spacial score (nSPS) is 10.2. The number of rotatable bonds is 5. The van der Waals surface area contributed by atoms with Crippen molar-refractivity contribution in [2.75, 3.05) is 11.9 Å². The molecule has 1 aromatic carbocycles. The van der Waals surface area contributed by atoms with Crippen LogP contribution in [0.3, 0.4) is 0 Å². The molecule has 1 aromatic heterocycles. The van der Waals surface area contributed by atoms with E-state index in [0.717, 1.165) is 11.1 Å². The first-order valence-electron chi connectivity index (χ1n) is 6.32. The molecule has 1 heterocycles. The SMILES string of the molecule is C=C(C)CNc1cc(=O)[nH]c(=O)n1Cc1ccccc1. The lowest BCUT2D eigenvalue weighted by molar-refractivity contribution is 0.726. The third kappa shape index (κ3) is 3.47. The van der Waals surface area contributed by atoms with Crippen LogP contribution in [0.2, 0.25) is 0 Å². The molecule has 0 atom stereocenters. The number of nitrogens with one attached hydrogen (secondary N) is 2. The lowest BCUT2D eigenvalue weighted by Gasteiger charge is -2.13. The van der Waals surface area contributed by atoms with E-state index in [2.05, 4.69) is 16.9 Å². The molecule has 0 unspecified atom stereocenters. The van der Waals surface area contributed by atoms with Crippen molar-refractivity contribution in [1.29, 1.82) is 0 Å². The molecule has 0 fully saturated rings. The molecule has 5 nitrogen and oxygen atoms in total. The highest BCUT2D eigenvalue weighted by Crippen LogP contribution is 2.07. The van der Waals surface area contributed by atoms with Gasteiger partial charge in [0.05, 0.1) is 6.54 Å². The molecule has 104 valence electrons. The van der Waals surface area contributed by atoms with Gasteiger partial charge in [0, 0.05) is 12.6 Å². The Balaban J connectivity index is 2.37. The van der Waals surface area contributed by atoms with Gasteiger partial charge in [-0.3, -0.25) is 14.3 Å². The molecule has 20 heavy (non-hydrogen) atoms.